The van der Waals surface area contributed by atoms with Gasteiger partial charge in [0, 0.05) is 48.4 Å². The number of carbonyl (C=O) groups is 1. The van der Waals surface area contributed by atoms with Gasteiger partial charge >= 0.3 is 0 Å². The number of amides is 1. The van der Waals surface area contributed by atoms with Gasteiger partial charge in [-0.1, -0.05) is 17.9 Å². The van der Waals surface area contributed by atoms with Crippen LogP contribution in [0.3, 0.4) is 0 Å². The number of carbonyl (C=O) groups excluding carboxylic acids is 1. The van der Waals surface area contributed by atoms with E-state index in [9.17, 15) is 4.79 Å². The number of hydrogen-bond donors (Lipinski definition) is 1. The summed E-state index contributed by atoms with van der Waals surface area (Å²) in [6, 6.07) is 11.8. The molecule has 2 N–H and O–H groups in total. The lowest BCUT2D eigenvalue weighted by Crippen LogP contribution is -2.32. The number of anilines is 1. The molecule has 188 valence electrons. The van der Waals surface area contributed by atoms with Crippen LogP contribution in [-0.2, 0) is 7.05 Å². The van der Waals surface area contributed by atoms with Crippen molar-refractivity contribution in [1.82, 2.24) is 24.6 Å². The van der Waals surface area contributed by atoms with Crippen LogP contribution in [0.25, 0.3) is 21.8 Å². The molecule has 0 bridgehead atoms. The minimum Gasteiger partial charge on any atom is -0.491 e. The van der Waals surface area contributed by atoms with E-state index in [4.69, 9.17) is 10.5 Å². The van der Waals surface area contributed by atoms with E-state index in [1.807, 2.05) is 37.3 Å². The van der Waals surface area contributed by atoms with Crippen LogP contribution in [0.15, 0.2) is 54.9 Å². The Morgan fingerprint density at radius 2 is 2.05 bits per heavy atom. The minimum atomic E-state index is -0.668. The van der Waals surface area contributed by atoms with Crippen LogP contribution < -0.4 is 10.5 Å². The first-order chi connectivity index (χ1) is 18.3. The zero-order valence-corrected chi connectivity index (χ0v) is 21.0. The molecular weight excluding hydrogens is 483 g/mol. The van der Waals surface area contributed by atoms with Crippen molar-refractivity contribution in [2.45, 2.75) is 13.0 Å². The molecule has 0 saturated heterocycles. The number of pyridine rings is 2. The van der Waals surface area contributed by atoms with E-state index in [-0.39, 0.29) is 24.0 Å². The highest BCUT2D eigenvalue weighted by atomic mass is 19.1. The summed E-state index contributed by atoms with van der Waals surface area (Å²) in [6.45, 7) is 2.17. The zero-order valence-electron chi connectivity index (χ0n) is 21.0. The van der Waals surface area contributed by atoms with E-state index in [0.717, 1.165) is 22.4 Å². The Balaban J connectivity index is 1.31. The Bertz CT molecular complexity index is 1830. The Labute approximate surface area is 217 Å². The van der Waals surface area contributed by atoms with Crippen molar-refractivity contribution >= 4 is 33.5 Å². The summed E-state index contributed by atoms with van der Waals surface area (Å²) in [6.07, 6.45) is 3.34. The van der Waals surface area contributed by atoms with Gasteiger partial charge in [-0.15, -0.1) is 0 Å². The largest absolute Gasteiger partial charge is 0.491 e. The molecule has 6 rings (SSSR count). The maximum Gasteiger partial charge on any atom is 0.257 e. The molecule has 8 nitrogen and oxygen atoms in total. The van der Waals surface area contributed by atoms with E-state index in [0.29, 0.717) is 27.6 Å². The predicted octanol–water partition coefficient (Wildman–Crippen LogP) is 4.15. The van der Waals surface area contributed by atoms with Crippen LogP contribution in [0, 0.1) is 24.6 Å². The summed E-state index contributed by atoms with van der Waals surface area (Å²) in [5.41, 5.74) is 10.4. The molecule has 1 amide bonds. The SMILES string of the molecule is Cc1ncccc1C#Cc1ccc2c(c1)OCC2N(C)C(=O)c1cc2c(cc1F)nc(N)c1cnn(C)c12. The second kappa shape index (κ2) is 8.85. The molecule has 0 radical (unpaired) electrons. The first-order valence-corrected chi connectivity index (χ1v) is 12.0. The van der Waals surface area contributed by atoms with Gasteiger partial charge in [0.1, 0.15) is 24.0 Å². The van der Waals surface area contributed by atoms with Crippen LogP contribution in [0.4, 0.5) is 10.2 Å². The maximum absolute atomic E-state index is 15.2. The van der Waals surface area contributed by atoms with Gasteiger partial charge in [0.2, 0.25) is 0 Å². The molecule has 1 unspecified atom stereocenters. The number of benzene rings is 2. The summed E-state index contributed by atoms with van der Waals surface area (Å²) in [5.74, 6) is 6.07. The number of fused-ring (bicyclic) bond motifs is 4. The van der Waals surface area contributed by atoms with Gasteiger partial charge in [0.15, 0.2) is 0 Å². The molecule has 0 saturated carbocycles. The van der Waals surface area contributed by atoms with E-state index in [1.54, 1.807) is 31.2 Å². The third-order valence-corrected chi connectivity index (χ3v) is 6.93. The summed E-state index contributed by atoms with van der Waals surface area (Å²) >= 11 is 0. The average Bonchev–Trinajstić information content (AvgIpc) is 3.51. The monoisotopic (exact) mass is 506 g/mol. The number of rotatable bonds is 2. The molecule has 1 aliphatic heterocycles. The first kappa shape index (κ1) is 23.4. The van der Waals surface area contributed by atoms with Crippen molar-refractivity contribution < 1.29 is 13.9 Å². The quantitative estimate of drug-likeness (QED) is 0.361. The molecule has 1 atom stereocenters. The number of hydrogen-bond acceptors (Lipinski definition) is 6. The average molecular weight is 507 g/mol. The zero-order chi connectivity index (χ0) is 26.6. The Morgan fingerprint density at radius 1 is 1.21 bits per heavy atom. The van der Waals surface area contributed by atoms with Crippen molar-refractivity contribution in [2.75, 3.05) is 19.4 Å². The Hall–Kier alpha value is -4.97. The van der Waals surface area contributed by atoms with E-state index >= 15 is 4.39 Å². The van der Waals surface area contributed by atoms with Crippen LogP contribution in [0.2, 0.25) is 0 Å². The van der Waals surface area contributed by atoms with Crippen molar-refractivity contribution in [2.24, 2.45) is 7.05 Å². The minimum absolute atomic E-state index is 0.0585. The summed E-state index contributed by atoms with van der Waals surface area (Å²) < 4.78 is 22.7. The number of ether oxygens (including phenoxy) is 1. The molecule has 0 fully saturated rings. The van der Waals surface area contributed by atoms with Crippen LogP contribution >= 0.6 is 0 Å². The summed E-state index contributed by atoms with van der Waals surface area (Å²) in [4.78, 5) is 23.6. The molecule has 2 aromatic carbocycles. The number of aromatic nitrogens is 4. The molecule has 4 heterocycles. The van der Waals surface area contributed by atoms with Crippen LogP contribution in [0.5, 0.6) is 5.75 Å². The van der Waals surface area contributed by atoms with Gasteiger partial charge in [-0.2, -0.15) is 5.10 Å². The van der Waals surface area contributed by atoms with Crippen molar-refractivity contribution in [3.63, 3.8) is 0 Å². The van der Waals surface area contributed by atoms with Gasteiger partial charge in [-0.3, -0.25) is 14.5 Å². The molecule has 5 aromatic rings. The fraction of sp³-hybridized carbons (Fsp3) is 0.172. The van der Waals surface area contributed by atoms with Gasteiger partial charge in [-0.05, 0) is 37.3 Å². The van der Waals surface area contributed by atoms with Crippen molar-refractivity contribution in [1.29, 1.82) is 0 Å². The maximum atomic E-state index is 15.2. The Morgan fingerprint density at radius 3 is 2.87 bits per heavy atom. The highest BCUT2D eigenvalue weighted by Gasteiger charge is 2.32. The fourth-order valence-corrected chi connectivity index (χ4v) is 4.82. The predicted molar refractivity (Wildman–Crippen MR) is 142 cm³/mol. The van der Waals surface area contributed by atoms with Gasteiger partial charge in [0.25, 0.3) is 5.91 Å². The summed E-state index contributed by atoms with van der Waals surface area (Å²) in [5, 5.41) is 5.49. The second-order valence-electron chi connectivity index (χ2n) is 9.26. The third-order valence-electron chi connectivity index (χ3n) is 6.93. The molecule has 9 heteroatoms. The van der Waals surface area contributed by atoms with Crippen LogP contribution in [-0.4, -0.2) is 44.2 Å². The van der Waals surface area contributed by atoms with E-state index in [2.05, 4.69) is 26.9 Å². The lowest BCUT2D eigenvalue weighted by Gasteiger charge is -2.24. The summed E-state index contributed by atoms with van der Waals surface area (Å²) in [7, 11) is 3.41. The van der Waals surface area contributed by atoms with Gasteiger partial charge in [-0.25, -0.2) is 9.37 Å². The lowest BCUT2D eigenvalue weighted by atomic mass is 10.0. The normalized spacial score (nSPS) is 14.2. The highest BCUT2D eigenvalue weighted by Crippen LogP contribution is 2.37. The first-order valence-electron chi connectivity index (χ1n) is 12.0. The second-order valence-corrected chi connectivity index (χ2v) is 9.26. The number of aryl methyl sites for hydroxylation is 2. The van der Waals surface area contributed by atoms with Gasteiger partial charge < -0.3 is 15.4 Å². The van der Waals surface area contributed by atoms with Crippen LogP contribution in [0.1, 0.15) is 38.8 Å². The van der Waals surface area contributed by atoms with E-state index in [1.165, 1.54) is 17.0 Å². The molecule has 0 aliphatic carbocycles. The number of nitrogens with zero attached hydrogens (tertiary/aromatic N) is 5. The van der Waals surface area contributed by atoms with Crippen molar-refractivity contribution in [3.8, 4) is 17.6 Å². The number of nitrogen functional groups attached to an aromatic ring is 1. The highest BCUT2D eigenvalue weighted by molar-refractivity contribution is 6.10. The van der Waals surface area contributed by atoms with E-state index < -0.39 is 11.7 Å². The molecule has 38 heavy (non-hydrogen) atoms. The van der Waals surface area contributed by atoms with Crippen molar-refractivity contribution in [3.05, 3.63) is 88.6 Å². The van der Waals surface area contributed by atoms with Gasteiger partial charge in [0.05, 0.1) is 39.9 Å². The smallest absolute Gasteiger partial charge is 0.257 e. The standard InChI is InChI=1S/C29H23FN6O2/c1-16-18(5-4-10-32-16)8-6-17-7-9-19-25(15-38-26(19)11-17)35(2)29(37)20-12-21-24(13-23(20)30)34-28(31)22-14-33-36(3)27(21)22/h4-5,7,9-14,25H,15H2,1-3H3,(H2,31,34). The topological polar surface area (TPSA) is 99.2 Å². The fourth-order valence-electron chi connectivity index (χ4n) is 4.82. The number of likely N-dealkylation sites (N-methyl/N-ethyl adjacent to an activating group) is 1. The molecule has 0 spiro atoms. The molecular formula is C29H23FN6O2. The number of halogens is 1. The number of nitrogens with two attached hydrogens (primary N) is 1. The Kier molecular flexibility index (Phi) is 5.46. The molecule has 1 aliphatic rings. The third kappa shape index (κ3) is 3.78. The lowest BCUT2D eigenvalue weighted by molar-refractivity contribution is 0.0704. The molecule has 3 aromatic heterocycles.